The predicted molar refractivity (Wildman–Crippen MR) is 90.8 cm³/mol. The summed E-state index contributed by atoms with van der Waals surface area (Å²) in [6.07, 6.45) is 0.870. The van der Waals surface area contributed by atoms with Crippen LogP contribution < -0.4 is 11.1 Å². The van der Waals surface area contributed by atoms with Crippen LogP contribution in [-0.2, 0) is 21.3 Å². The highest BCUT2D eigenvalue weighted by atomic mass is 35.5. The first-order chi connectivity index (χ1) is 9.54. The van der Waals surface area contributed by atoms with Crippen LogP contribution in [0.25, 0.3) is 0 Å². The number of carbonyl (C=O) groups is 1. The molecular formula is C15H25ClN2O2S. The zero-order valence-electron chi connectivity index (χ0n) is 12.6. The van der Waals surface area contributed by atoms with Crippen LogP contribution in [0.2, 0.25) is 0 Å². The predicted octanol–water partition coefficient (Wildman–Crippen LogP) is 1.85. The number of nitrogens with one attached hydrogen (secondary N) is 1. The summed E-state index contributed by atoms with van der Waals surface area (Å²) in [4.78, 5) is 11.7. The molecule has 1 aromatic rings. The molecule has 1 amide bonds. The van der Waals surface area contributed by atoms with Gasteiger partial charge in [0.1, 0.15) is 0 Å². The lowest BCUT2D eigenvalue weighted by molar-refractivity contribution is -0.123. The summed E-state index contributed by atoms with van der Waals surface area (Å²) in [6, 6.07) is 9.22. The van der Waals surface area contributed by atoms with Crippen LogP contribution in [0.15, 0.2) is 30.3 Å². The first kappa shape index (κ1) is 20.1. The quantitative estimate of drug-likeness (QED) is 0.763. The number of amides is 1. The minimum atomic E-state index is -0.969. The highest BCUT2D eigenvalue weighted by Gasteiger charge is 2.18. The van der Waals surface area contributed by atoms with Gasteiger partial charge in [-0.25, -0.2) is 0 Å². The molecule has 0 aromatic heterocycles. The average Bonchev–Trinajstić information content (AvgIpc) is 2.46. The molecule has 1 rings (SSSR count). The summed E-state index contributed by atoms with van der Waals surface area (Å²) in [5.41, 5.74) is 6.87. The third-order valence-corrected chi connectivity index (χ3v) is 4.67. The Kier molecular flexibility index (Phi) is 10.3. The van der Waals surface area contributed by atoms with E-state index in [4.69, 9.17) is 5.73 Å². The van der Waals surface area contributed by atoms with Crippen molar-refractivity contribution in [2.75, 3.05) is 12.3 Å². The topological polar surface area (TPSA) is 72.2 Å². The molecule has 0 saturated carbocycles. The lowest BCUT2D eigenvalue weighted by atomic mass is 9.99. The second-order valence-electron chi connectivity index (χ2n) is 4.98. The summed E-state index contributed by atoms with van der Waals surface area (Å²) in [5.74, 6) is 0.975. The molecule has 21 heavy (non-hydrogen) atoms. The van der Waals surface area contributed by atoms with E-state index in [1.165, 1.54) is 0 Å². The van der Waals surface area contributed by atoms with Gasteiger partial charge in [-0.2, -0.15) is 0 Å². The molecule has 0 spiro atoms. The normalized spacial score (nSPS) is 14.6. The Labute approximate surface area is 135 Å². The SMILES string of the molecule is CCC(C)C(N)C(=O)NCCS(=O)Cc1ccccc1.Cl. The Balaban J connectivity index is 0.00000400. The first-order valence-electron chi connectivity index (χ1n) is 6.96. The molecule has 0 aliphatic heterocycles. The monoisotopic (exact) mass is 332 g/mol. The summed E-state index contributed by atoms with van der Waals surface area (Å²) in [6.45, 7) is 4.37. The van der Waals surface area contributed by atoms with E-state index >= 15 is 0 Å². The Morgan fingerprint density at radius 1 is 1.33 bits per heavy atom. The summed E-state index contributed by atoms with van der Waals surface area (Å²) >= 11 is 0. The zero-order valence-corrected chi connectivity index (χ0v) is 14.2. The van der Waals surface area contributed by atoms with E-state index in [0.29, 0.717) is 18.1 Å². The van der Waals surface area contributed by atoms with Gasteiger partial charge in [-0.1, -0.05) is 50.6 Å². The largest absolute Gasteiger partial charge is 0.354 e. The zero-order chi connectivity index (χ0) is 15.0. The van der Waals surface area contributed by atoms with Crippen molar-refractivity contribution in [2.45, 2.75) is 32.1 Å². The van der Waals surface area contributed by atoms with Crippen LogP contribution in [-0.4, -0.2) is 28.5 Å². The minimum Gasteiger partial charge on any atom is -0.354 e. The van der Waals surface area contributed by atoms with Crippen molar-refractivity contribution in [1.82, 2.24) is 5.32 Å². The second kappa shape index (κ2) is 10.8. The molecule has 0 saturated heterocycles. The van der Waals surface area contributed by atoms with Gasteiger partial charge in [-0.3, -0.25) is 9.00 Å². The Morgan fingerprint density at radius 2 is 1.95 bits per heavy atom. The summed E-state index contributed by atoms with van der Waals surface area (Å²) < 4.78 is 11.9. The van der Waals surface area contributed by atoms with Crippen LogP contribution in [0.3, 0.4) is 0 Å². The van der Waals surface area contributed by atoms with Gasteiger partial charge < -0.3 is 11.1 Å². The smallest absolute Gasteiger partial charge is 0.237 e. The summed E-state index contributed by atoms with van der Waals surface area (Å²) in [7, 11) is -0.969. The molecular weight excluding hydrogens is 308 g/mol. The number of carbonyl (C=O) groups excluding carboxylic acids is 1. The molecule has 3 unspecified atom stereocenters. The van der Waals surface area contributed by atoms with Gasteiger partial charge >= 0.3 is 0 Å². The van der Waals surface area contributed by atoms with E-state index in [-0.39, 0.29) is 24.2 Å². The molecule has 6 heteroatoms. The molecule has 3 atom stereocenters. The van der Waals surface area contributed by atoms with Crippen LogP contribution >= 0.6 is 12.4 Å². The number of hydrogen-bond donors (Lipinski definition) is 2. The van der Waals surface area contributed by atoms with Gasteiger partial charge in [0.2, 0.25) is 5.91 Å². The lowest BCUT2D eigenvalue weighted by Crippen LogP contribution is -2.45. The molecule has 0 aliphatic carbocycles. The third-order valence-electron chi connectivity index (χ3n) is 3.36. The Morgan fingerprint density at radius 3 is 2.52 bits per heavy atom. The van der Waals surface area contributed by atoms with Crippen molar-refractivity contribution in [3.63, 3.8) is 0 Å². The van der Waals surface area contributed by atoms with Gasteiger partial charge in [0.05, 0.1) is 6.04 Å². The van der Waals surface area contributed by atoms with E-state index in [0.717, 1.165) is 12.0 Å². The fourth-order valence-corrected chi connectivity index (χ4v) is 2.79. The number of rotatable bonds is 8. The molecule has 0 radical (unpaired) electrons. The van der Waals surface area contributed by atoms with Crippen LogP contribution in [0, 0.1) is 5.92 Å². The highest BCUT2D eigenvalue weighted by molar-refractivity contribution is 7.84. The van der Waals surface area contributed by atoms with Gasteiger partial charge in [0, 0.05) is 28.9 Å². The van der Waals surface area contributed by atoms with Crippen molar-refractivity contribution in [1.29, 1.82) is 0 Å². The van der Waals surface area contributed by atoms with Crippen molar-refractivity contribution in [2.24, 2.45) is 11.7 Å². The molecule has 1 aromatic carbocycles. The second-order valence-corrected chi connectivity index (χ2v) is 6.55. The van der Waals surface area contributed by atoms with Gasteiger partial charge in [-0.15, -0.1) is 12.4 Å². The fraction of sp³-hybridized carbons (Fsp3) is 0.533. The Hall–Kier alpha value is -0.910. The van der Waals surface area contributed by atoms with E-state index in [2.05, 4.69) is 5.32 Å². The molecule has 120 valence electrons. The van der Waals surface area contributed by atoms with Gasteiger partial charge in [0.25, 0.3) is 0 Å². The molecule has 4 nitrogen and oxygen atoms in total. The van der Waals surface area contributed by atoms with E-state index in [9.17, 15) is 9.00 Å². The summed E-state index contributed by atoms with van der Waals surface area (Å²) in [5, 5.41) is 2.76. The average molecular weight is 333 g/mol. The standard InChI is InChI=1S/C15H24N2O2S.ClH/c1-3-12(2)14(16)15(18)17-9-10-20(19)11-13-7-5-4-6-8-13;/h4-8,12,14H,3,9-11,16H2,1-2H3,(H,17,18);1H. The minimum absolute atomic E-state index is 0. The van der Waals surface area contributed by atoms with Crippen molar-refractivity contribution in [3.8, 4) is 0 Å². The van der Waals surface area contributed by atoms with Gasteiger partial charge in [-0.05, 0) is 11.5 Å². The number of halogens is 1. The number of nitrogens with two attached hydrogens (primary N) is 1. The molecule has 0 fully saturated rings. The van der Waals surface area contributed by atoms with Crippen LogP contribution in [0.5, 0.6) is 0 Å². The van der Waals surface area contributed by atoms with Gasteiger partial charge in [0.15, 0.2) is 0 Å². The van der Waals surface area contributed by atoms with E-state index in [1.54, 1.807) is 0 Å². The number of benzene rings is 1. The van der Waals surface area contributed by atoms with Crippen molar-refractivity contribution in [3.05, 3.63) is 35.9 Å². The lowest BCUT2D eigenvalue weighted by Gasteiger charge is -2.17. The van der Waals surface area contributed by atoms with Crippen molar-refractivity contribution < 1.29 is 9.00 Å². The van der Waals surface area contributed by atoms with Crippen LogP contribution in [0.1, 0.15) is 25.8 Å². The maximum Gasteiger partial charge on any atom is 0.237 e. The first-order valence-corrected chi connectivity index (χ1v) is 8.45. The maximum atomic E-state index is 11.9. The molecule has 3 N–H and O–H groups in total. The third kappa shape index (κ3) is 7.60. The fourth-order valence-electron chi connectivity index (χ4n) is 1.75. The van der Waals surface area contributed by atoms with E-state index < -0.39 is 16.8 Å². The molecule has 0 bridgehead atoms. The van der Waals surface area contributed by atoms with E-state index in [1.807, 2.05) is 44.2 Å². The maximum absolute atomic E-state index is 11.9. The van der Waals surface area contributed by atoms with Crippen molar-refractivity contribution >= 4 is 29.1 Å². The van der Waals surface area contributed by atoms with Crippen LogP contribution in [0.4, 0.5) is 0 Å². The molecule has 0 aliphatic rings. The molecule has 0 heterocycles. The number of hydrogen-bond acceptors (Lipinski definition) is 3. The highest BCUT2D eigenvalue weighted by Crippen LogP contribution is 2.05. The Bertz CT molecular complexity index is 443.